The second kappa shape index (κ2) is 9.34. The number of rotatable bonds is 6. The van der Waals surface area contributed by atoms with Gasteiger partial charge in [0.2, 0.25) is 5.91 Å². The normalized spacial score (nSPS) is 14.9. The van der Waals surface area contributed by atoms with E-state index < -0.39 is 46.5 Å². The third kappa shape index (κ3) is 6.43. The van der Waals surface area contributed by atoms with E-state index in [0.29, 0.717) is 19.0 Å². The highest BCUT2D eigenvalue weighted by Gasteiger charge is 2.35. The van der Waals surface area contributed by atoms with E-state index in [1.54, 1.807) is 0 Å². The lowest BCUT2D eigenvalue weighted by atomic mass is 10.1. The summed E-state index contributed by atoms with van der Waals surface area (Å²) in [4.78, 5) is 46.5. The maximum absolute atomic E-state index is 13.1. The molecule has 0 aliphatic carbocycles. The van der Waals surface area contributed by atoms with Gasteiger partial charge in [-0.25, -0.2) is 0 Å². The minimum Gasteiger partial charge on any atom is -0.454 e. The number of nitro benzene ring substituents is 1. The average molecular weight is 417 g/mol. The van der Waals surface area contributed by atoms with Crippen molar-refractivity contribution >= 4 is 29.2 Å². The van der Waals surface area contributed by atoms with E-state index in [4.69, 9.17) is 4.74 Å². The van der Waals surface area contributed by atoms with Crippen LogP contribution in [0, 0.1) is 10.1 Å². The van der Waals surface area contributed by atoms with E-state index >= 15 is 0 Å². The van der Waals surface area contributed by atoms with Gasteiger partial charge < -0.3 is 15.0 Å². The number of nitrogens with zero attached hydrogens (tertiary/aromatic N) is 2. The number of amides is 2. The Morgan fingerprint density at radius 3 is 2.62 bits per heavy atom. The molecule has 0 aromatic heterocycles. The van der Waals surface area contributed by atoms with Gasteiger partial charge in [0.25, 0.3) is 11.6 Å². The number of alkyl halides is 3. The first-order chi connectivity index (χ1) is 13.6. The fraction of sp³-hybridized carbons (Fsp3) is 0.471. The molecular formula is C17H18F3N3O6. The molecule has 1 saturated heterocycles. The largest absolute Gasteiger partial charge is 0.454 e. The number of hydrogen-bond acceptors (Lipinski definition) is 6. The van der Waals surface area contributed by atoms with Crippen molar-refractivity contribution in [2.45, 2.75) is 31.9 Å². The Labute approximate surface area is 162 Å². The molecule has 1 aromatic rings. The lowest BCUT2D eigenvalue weighted by Crippen LogP contribution is -2.36. The van der Waals surface area contributed by atoms with Crippen LogP contribution >= 0.6 is 0 Å². The van der Waals surface area contributed by atoms with Crippen molar-refractivity contribution in [3.63, 3.8) is 0 Å². The zero-order chi connectivity index (χ0) is 21.6. The number of ether oxygens (including phenoxy) is 1. The van der Waals surface area contributed by atoms with Crippen LogP contribution in [0.1, 0.15) is 31.2 Å². The highest BCUT2D eigenvalue weighted by Crippen LogP contribution is 2.37. The molecule has 1 aromatic carbocycles. The number of benzene rings is 1. The summed E-state index contributed by atoms with van der Waals surface area (Å²) in [5, 5.41) is 12.6. The Morgan fingerprint density at radius 2 is 1.97 bits per heavy atom. The van der Waals surface area contributed by atoms with Crippen molar-refractivity contribution in [2.75, 3.05) is 25.0 Å². The van der Waals surface area contributed by atoms with Crippen molar-refractivity contribution in [3.8, 4) is 0 Å². The molecular weight excluding hydrogens is 399 g/mol. The number of anilines is 1. The third-order valence-electron chi connectivity index (χ3n) is 4.15. The topological polar surface area (TPSA) is 119 Å². The summed E-state index contributed by atoms with van der Waals surface area (Å²) >= 11 is 0. The van der Waals surface area contributed by atoms with Crippen molar-refractivity contribution in [2.24, 2.45) is 0 Å². The molecule has 1 aliphatic rings. The third-order valence-corrected chi connectivity index (χ3v) is 4.15. The fourth-order valence-electron chi connectivity index (χ4n) is 2.73. The quantitative estimate of drug-likeness (QED) is 0.432. The van der Waals surface area contributed by atoms with Gasteiger partial charge in [0.05, 0.1) is 16.2 Å². The van der Waals surface area contributed by atoms with E-state index in [-0.39, 0.29) is 12.5 Å². The van der Waals surface area contributed by atoms with Crippen LogP contribution in [0.2, 0.25) is 0 Å². The lowest BCUT2D eigenvalue weighted by molar-refractivity contribution is -0.385. The number of likely N-dealkylation sites (tertiary alicyclic amines) is 1. The molecule has 158 valence electrons. The monoisotopic (exact) mass is 417 g/mol. The van der Waals surface area contributed by atoms with Crippen LogP contribution in [0.4, 0.5) is 24.5 Å². The van der Waals surface area contributed by atoms with Gasteiger partial charge >= 0.3 is 12.1 Å². The molecule has 0 bridgehead atoms. The molecule has 1 heterocycles. The van der Waals surface area contributed by atoms with Gasteiger partial charge in [-0.1, -0.05) is 6.42 Å². The van der Waals surface area contributed by atoms with E-state index in [1.807, 2.05) is 5.32 Å². The Morgan fingerprint density at radius 1 is 1.24 bits per heavy atom. The van der Waals surface area contributed by atoms with E-state index in [2.05, 4.69) is 0 Å². The Hall–Kier alpha value is -3.18. The number of carbonyl (C=O) groups excluding carboxylic acids is 3. The molecule has 1 N–H and O–H groups in total. The standard InChI is InChI=1S/C17H18F3N3O6/c18-17(19,20)12-8-11(23(27)28)5-6-13(12)21-14(24)10-29-16(26)9-22-7-3-1-2-4-15(22)25/h5-6,8H,1-4,7,9-10H2,(H,21,24). The summed E-state index contributed by atoms with van der Waals surface area (Å²) in [7, 11) is 0. The SMILES string of the molecule is O=C(COC(=O)CN1CCCCCC1=O)Nc1ccc([N+](=O)[O-])cc1C(F)(F)F. The van der Waals surface area contributed by atoms with E-state index in [9.17, 15) is 37.7 Å². The summed E-state index contributed by atoms with van der Waals surface area (Å²) in [5.41, 5.74) is -2.89. The fourth-order valence-corrected chi connectivity index (χ4v) is 2.73. The number of nitro groups is 1. The summed E-state index contributed by atoms with van der Waals surface area (Å²) in [5.74, 6) is -2.13. The van der Waals surface area contributed by atoms with Crippen LogP contribution in [-0.2, 0) is 25.3 Å². The minimum absolute atomic E-state index is 0.204. The van der Waals surface area contributed by atoms with Gasteiger partial charge in [0, 0.05) is 25.1 Å². The maximum Gasteiger partial charge on any atom is 0.418 e. The van der Waals surface area contributed by atoms with Gasteiger partial charge in [0.15, 0.2) is 6.61 Å². The highest BCUT2D eigenvalue weighted by atomic mass is 19.4. The molecule has 12 heteroatoms. The molecule has 1 fully saturated rings. The van der Waals surface area contributed by atoms with Gasteiger partial charge in [-0.05, 0) is 18.9 Å². The maximum atomic E-state index is 13.1. The predicted molar refractivity (Wildman–Crippen MR) is 92.7 cm³/mol. The molecule has 0 unspecified atom stereocenters. The molecule has 0 saturated carbocycles. The molecule has 2 amide bonds. The molecule has 29 heavy (non-hydrogen) atoms. The van der Waals surface area contributed by atoms with Gasteiger partial charge in [-0.15, -0.1) is 0 Å². The van der Waals surface area contributed by atoms with Crippen LogP contribution in [0.3, 0.4) is 0 Å². The van der Waals surface area contributed by atoms with Crippen LogP contribution < -0.4 is 5.32 Å². The first kappa shape index (κ1) is 22.1. The van der Waals surface area contributed by atoms with Crippen molar-refractivity contribution in [3.05, 3.63) is 33.9 Å². The molecule has 0 spiro atoms. The molecule has 2 rings (SSSR count). The number of carbonyl (C=O) groups is 3. The number of non-ortho nitro benzene ring substituents is 1. The van der Waals surface area contributed by atoms with Crippen molar-refractivity contribution in [1.29, 1.82) is 0 Å². The van der Waals surface area contributed by atoms with Crippen LogP contribution in [0.5, 0.6) is 0 Å². The molecule has 0 radical (unpaired) electrons. The summed E-state index contributed by atoms with van der Waals surface area (Å²) in [6.45, 7) is -0.829. The number of halogens is 3. The first-order valence-electron chi connectivity index (χ1n) is 8.67. The van der Waals surface area contributed by atoms with E-state index in [0.717, 1.165) is 31.4 Å². The second-order valence-electron chi connectivity index (χ2n) is 6.32. The van der Waals surface area contributed by atoms with Gasteiger partial charge in [-0.3, -0.25) is 24.5 Å². The van der Waals surface area contributed by atoms with Crippen LogP contribution in [0.15, 0.2) is 18.2 Å². The van der Waals surface area contributed by atoms with Gasteiger partial charge in [-0.2, -0.15) is 13.2 Å². The Balaban J connectivity index is 1.96. The minimum atomic E-state index is -4.95. The smallest absolute Gasteiger partial charge is 0.418 e. The summed E-state index contributed by atoms with van der Waals surface area (Å²) < 4.78 is 44.0. The van der Waals surface area contributed by atoms with Crippen molar-refractivity contribution < 1.29 is 37.2 Å². The first-order valence-corrected chi connectivity index (χ1v) is 8.67. The Kier molecular flexibility index (Phi) is 7.13. The zero-order valence-electron chi connectivity index (χ0n) is 15.2. The molecule has 1 aliphatic heterocycles. The van der Waals surface area contributed by atoms with Crippen LogP contribution in [0.25, 0.3) is 0 Å². The highest BCUT2D eigenvalue weighted by molar-refractivity contribution is 5.94. The van der Waals surface area contributed by atoms with Crippen molar-refractivity contribution in [1.82, 2.24) is 4.90 Å². The van der Waals surface area contributed by atoms with Gasteiger partial charge in [0.1, 0.15) is 6.54 Å². The zero-order valence-corrected chi connectivity index (χ0v) is 15.2. The summed E-state index contributed by atoms with van der Waals surface area (Å²) in [6.07, 6.45) is -2.31. The lowest BCUT2D eigenvalue weighted by Gasteiger charge is -2.19. The number of nitrogens with one attached hydrogen (secondary N) is 1. The molecule has 0 atom stereocenters. The van der Waals surface area contributed by atoms with Crippen LogP contribution in [-0.4, -0.2) is 47.3 Å². The number of esters is 1. The number of hydrogen-bond donors (Lipinski definition) is 1. The Bertz CT molecular complexity index is 812. The predicted octanol–water partition coefficient (Wildman–Crippen LogP) is 2.50. The average Bonchev–Trinajstić information content (AvgIpc) is 2.83. The second-order valence-corrected chi connectivity index (χ2v) is 6.32. The molecule has 9 nitrogen and oxygen atoms in total. The van der Waals surface area contributed by atoms with E-state index in [1.165, 1.54) is 4.90 Å². The summed E-state index contributed by atoms with van der Waals surface area (Å²) in [6, 6.07) is 1.85.